The Bertz CT molecular complexity index is 555. The lowest BCUT2D eigenvalue weighted by molar-refractivity contribution is 0.924. The Labute approximate surface area is 117 Å². The normalized spacial score (nSPS) is 10.4. The fourth-order valence-electron chi connectivity index (χ4n) is 1.76. The van der Waals surface area contributed by atoms with Crippen molar-refractivity contribution >= 4 is 34.6 Å². The molecule has 2 aromatic carbocycles. The molecule has 0 aliphatic carbocycles. The second-order valence-corrected chi connectivity index (χ2v) is 5.03. The van der Waals surface area contributed by atoms with Crippen LogP contribution in [0.5, 0.6) is 0 Å². The van der Waals surface area contributed by atoms with Crippen LogP contribution in [0.2, 0.25) is 10.0 Å². The third-order valence-electron chi connectivity index (χ3n) is 2.73. The lowest BCUT2D eigenvalue weighted by Gasteiger charge is -2.20. The van der Waals surface area contributed by atoms with Gasteiger partial charge in [-0.25, -0.2) is 0 Å². The van der Waals surface area contributed by atoms with Crippen LogP contribution in [0.3, 0.4) is 0 Å². The first-order chi connectivity index (χ1) is 8.56. The monoisotopic (exact) mass is 280 g/mol. The summed E-state index contributed by atoms with van der Waals surface area (Å²) in [6.45, 7) is 0.708. The van der Waals surface area contributed by atoms with Crippen LogP contribution in [0, 0.1) is 0 Å². The highest BCUT2D eigenvalue weighted by Crippen LogP contribution is 2.24. The lowest BCUT2D eigenvalue weighted by Crippen LogP contribution is -2.16. The van der Waals surface area contributed by atoms with E-state index in [4.69, 9.17) is 28.9 Å². The minimum absolute atomic E-state index is 0.648. The molecular weight excluding hydrogens is 267 g/mol. The molecule has 0 heterocycles. The second kappa shape index (κ2) is 5.51. The van der Waals surface area contributed by atoms with Gasteiger partial charge in [0.2, 0.25) is 0 Å². The summed E-state index contributed by atoms with van der Waals surface area (Å²) in [7, 11) is 2.00. The van der Waals surface area contributed by atoms with Crippen molar-refractivity contribution in [3.8, 4) is 0 Å². The molecule has 0 amide bonds. The third-order valence-corrected chi connectivity index (χ3v) is 3.32. The van der Waals surface area contributed by atoms with Gasteiger partial charge in [0.25, 0.3) is 0 Å². The van der Waals surface area contributed by atoms with E-state index in [0.29, 0.717) is 16.6 Å². The van der Waals surface area contributed by atoms with Gasteiger partial charge in [0.05, 0.1) is 0 Å². The first-order valence-electron chi connectivity index (χ1n) is 5.57. The Morgan fingerprint density at radius 2 is 1.89 bits per heavy atom. The first kappa shape index (κ1) is 13.1. The summed E-state index contributed by atoms with van der Waals surface area (Å²) in [5.74, 6) is 0. The van der Waals surface area contributed by atoms with E-state index in [2.05, 4.69) is 4.90 Å². The van der Waals surface area contributed by atoms with Crippen LogP contribution in [0.15, 0.2) is 42.5 Å². The summed E-state index contributed by atoms with van der Waals surface area (Å²) in [6.07, 6.45) is 0. The second-order valence-electron chi connectivity index (χ2n) is 4.19. The smallest absolute Gasteiger partial charge is 0.0470 e. The number of halogens is 2. The maximum absolute atomic E-state index is 6.16. The average molecular weight is 281 g/mol. The maximum Gasteiger partial charge on any atom is 0.0470 e. The van der Waals surface area contributed by atoms with Crippen molar-refractivity contribution in [2.24, 2.45) is 0 Å². The Balaban J connectivity index is 2.18. The number of benzene rings is 2. The number of nitrogens with zero attached hydrogens (tertiary/aromatic N) is 1. The van der Waals surface area contributed by atoms with Crippen molar-refractivity contribution < 1.29 is 0 Å². The molecule has 0 aliphatic rings. The molecule has 0 saturated heterocycles. The van der Waals surface area contributed by atoms with E-state index in [0.717, 1.165) is 16.9 Å². The molecule has 0 radical (unpaired) electrons. The number of hydrogen-bond acceptors (Lipinski definition) is 2. The largest absolute Gasteiger partial charge is 0.399 e. The molecule has 2 aromatic rings. The van der Waals surface area contributed by atoms with Gasteiger partial charge in [-0.1, -0.05) is 35.3 Å². The minimum atomic E-state index is 0.648. The van der Waals surface area contributed by atoms with Crippen LogP contribution in [0.25, 0.3) is 0 Å². The first-order valence-corrected chi connectivity index (χ1v) is 6.32. The topological polar surface area (TPSA) is 29.3 Å². The van der Waals surface area contributed by atoms with Crippen LogP contribution in [0.4, 0.5) is 11.4 Å². The SMILES string of the molecule is CN(Cc1ccc(Cl)cc1Cl)c1cccc(N)c1. The number of nitrogens with two attached hydrogens (primary N) is 1. The Hall–Kier alpha value is -1.38. The highest BCUT2D eigenvalue weighted by Gasteiger charge is 2.06. The van der Waals surface area contributed by atoms with Gasteiger partial charge in [0, 0.05) is 35.0 Å². The molecule has 0 fully saturated rings. The molecule has 4 heteroatoms. The minimum Gasteiger partial charge on any atom is -0.399 e. The zero-order valence-corrected chi connectivity index (χ0v) is 11.5. The Kier molecular flexibility index (Phi) is 4.00. The van der Waals surface area contributed by atoms with Crippen molar-refractivity contribution in [3.63, 3.8) is 0 Å². The van der Waals surface area contributed by atoms with Gasteiger partial charge in [-0.2, -0.15) is 0 Å². The average Bonchev–Trinajstić information content (AvgIpc) is 2.32. The van der Waals surface area contributed by atoms with Crippen molar-refractivity contribution in [2.45, 2.75) is 6.54 Å². The highest BCUT2D eigenvalue weighted by atomic mass is 35.5. The van der Waals surface area contributed by atoms with E-state index < -0.39 is 0 Å². The molecule has 0 aromatic heterocycles. The number of anilines is 2. The molecule has 0 unspecified atom stereocenters. The fraction of sp³-hybridized carbons (Fsp3) is 0.143. The standard InChI is InChI=1S/C14H14Cl2N2/c1-18(13-4-2-3-12(17)8-13)9-10-5-6-11(15)7-14(10)16/h2-8H,9,17H2,1H3. The molecule has 18 heavy (non-hydrogen) atoms. The van der Waals surface area contributed by atoms with Gasteiger partial charge in [-0.3, -0.25) is 0 Å². The van der Waals surface area contributed by atoms with E-state index >= 15 is 0 Å². The van der Waals surface area contributed by atoms with Gasteiger partial charge in [-0.05, 0) is 35.9 Å². The molecule has 0 saturated carbocycles. The number of nitrogen functional groups attached to an aromatic ring is 1. The van der Waals surface area contributed by atoms with Crippen molar-refractivity contribution in [3.05, 3.63) is 58.1 Å². The zero-order valence-electron chi connectivity index (χ0n) is 10.0. The predicted octanol–water partition coefficient (Wildman–Crippen LogP) is 4.21. The van der Waals surface area contributed by atoms with E-state index in [1.807, 2.05) is 43.4 Å². The zero-order chi connectivity index (χ0) is 13.1. The summed E-state index contributed by atoms with van der Waals surface area (Å²) in [6, 6.07) is 13.3. The van der Waals surface area contributed by atoms with Crippen LogP contribution < -0.4 is 10.6 Å². The quantitative estimate of drug-likeness (QED) is 0.854. The molecule has 0 bridgehead atoms. The van der Waals surface area contributed by atoms with E-state index in [1.54, 1.807) is 6.07 Å². The van der Waals surface area contributed by atoms with Crippen LogP contribution in [-0.4, -0.2) is 7.05 Å². The number of hydrogen-bond donors (Lipinski definition) is 1. The third kappa shape index (κ3) is 3.09. The van der Waals surface area contributed by atoms with Gasteiger partial charge in [0.15, 0.2) is 0 Å². The van der Waals surface area contributed by atoms with Crippen molar-refractivity contribution in [1.82, 2.24) is 0 Å². The molecule has 0 aliphatic heterocycles. The molecule has 0 spiro atoms. The summed E-state index contributed by atoms with van der Waals surface area (Å²) in [5.41, 5.74) is 8.61. The van der Waals surface area contributed by atoms with Crippen LogP contribution >= 0.6 is 23.2 Å². The van der Waals surface area contributed by atoms with Crippen molar-refractivity contribution in [2.75, 3.05) is 17.7 Å². The molecule has 2 rings (SSSR count). The molecule has 94 valence electrons. The molecule has 0 atom stereocenters. The summed E-state index contributed by atoms with van der Waals surface area (Å²) in [4.78, 5) is 2.09. The maximum atomic E-state index is 6.16. The summed E-state index contributed by atoms with van der Waals surface area (Å²) in [5, 5.41) is 1.33. The van der Waals surface area contributed by atoms with Gasteiger partial charge in [0.1, 0.15) is 0 Å². The Morgan fingerprint density at radius 1 is 1.11 bits per heavy atom. The van der Waals surface area contributed by atoms with Crippen LogP contribution in [0.1, 0.15) is 5.56 Å². The van der Waals surface area contributed by atoms with Gasteiger partial charge >= 0.3 is 0 Å². The predicted molar refractivity (Wildman–Crippen MR) is 79.4 cm³/mol. The molecular formula is C14H14Cl2N2. The summed E-state index contributed by atoms with van der Waals surface area (Å²) >= 11 is 12.0. The van der Waals surface area contributed by atoms with Crippen molar-refractivity contribution in [1.29, 1.82) is 0 Å². The summed E-state index contributed by atoms with van der Waals surface area (Å²) < 4.78 is 0. The fourth-order valence-corrected chi connectivity index (χ4v) is 2.23. The van der Waals surface area contributed by atoms with E-state index in [9.17, 15) is 0 Å². The molecule has 2 N–H and O–H groups in total. The van der Waals surface area contributed by atoms with Crippen LogP contribution in [-0.2, 0) is 6.54 Å². The van der Waals surface area contributed by atoms with Gasteiger partial charge in [-0.15, -0.1) is 0 Å². The van der Waals surface area contributed by atoms with E-state index in [1.165, 1.54) is 0 Å². The van der Waals surface area contributed by atoms with E-state index in [-0.39, 0.29) is 0 Å². The number of rotatable bonds is 3. The lowest BCUT2D eigenvalue weighted by atomic mass is 10.2. The molecule has 2 nitrogen and oxygen atoms in total. The highest BCUT2D eigenvalue weighted by molar-refractivity contribution is 6.35. The Morgan fingerprint density at radius 3 is 2.56 bits per heavy atom. The van der Waals surface area contributed by atoms with Gasteiger partial charge < -0.3 is 10.6 Å².